The SMILES string of the molecule is CCC(=O)C[C@@H](C)C1CC1.Cc1nc2ccc(C(F)(F)F)nc2n1C1(C)CCC1. The topological polar surface area (TPSA) is 47.8 Å². The van der Waals surface area contributed by atoms with Crippen molar-refractivity contribution in [2.45, 2.75) is 84.4 Å². The van der Waals surface area contributed by atoms with Gasteiger partial charge in [-0.15, -0.1) is 0 Å². The van der Waals surface area contributed by atoms with Crippen LogP contribution in [-0.2, 0) is 16.5 Å². The molecule has 29 heavy (non-hydrogen) atoms. The van der Waals surface area contributed by atoms with Gasteiger partial charge in [-0.2, -0.15) is 13.2 Å². The average Bonchev–Trinajstić information content (AvgIpc) is 3.41. The molecule has 1 atom stereocenters. The van der Waals surface area contributed by atoms with Gasteiger partial charge in [0.15, 0.2) is 5.65 Å². The lowest BCUT2D eigenvalue weighted by Crippen LogP contribution is -2.38. The molecule has 0 aromatic carbocycles. The maximum atomic E-state index is 12.8. The minimum atomic E-state index is -4.42. The summed E-state index contributed by atoms with van der Waals surface area (Å²) in [7, 11) is 0. The third-order valence-corrected chi connectivity index (χ3v) is 6.30. The molecule has 2 aromatic heterocycles. The predicted molar refractivity (Wildman–Crippen MR) is 107 cm³/mol. The van der Waals surface area contributed by atoms with Crippen molar-refractivity contribution in [1.82, 2.24) is 14.5 Å². The number of carbonyl (C=O) groups is 1. The number of alkyl halides is 3. The van der Waals surface area contributed by atoms with E-state index in [0.717, 1.165) is 49.9 Å². The van der Waals surface area contributed by atoms with Crippen LogP contribution in [0.5, 0.6) is 0 Å². The number of aryl methyl sites for hydroxylation is 1. The van der Waals surface area contributed by atoms with Crippen molar-refractivity contribution < 1.29 is 18.0 Å². The Kier molecular flexibility index (Phi) is 6.06. The number of hydrogen-bond donors (Lipinski definition) is 0. The largest absolute Gasteiger partial charge is 0.433 e. The lowest BCUT2D eigenvalue weighted by molar-refractivity contribution is -0.141. The second-order valence-electron chi connectivity index (χ2n) is 8.79. The van der Waals surface area contributed by atoms with Crippen LogP contribution in [0.4, 0.5) is 13.2 Å². The monoisotopic (exact) mass is 409 g/mol. The van der Waals surface area contributed by atoms with Crippen LogP contribution >= 0.6 is 0 Å². The first-order valence-electron chi connectivity index (χ1n) is 10.5. The first-order chi connectivity index (χ1) is 13.5. The first-order valence-corrected chi connectivity index (χ1v) is 10.5. The summed E-state index contributed by atoms with van der Waals surface area (Å²) in [5, 5.41) is 0. The fourth-order valence-electron chi connectivity index (χ4n) is 4.12. The van der Waals surface area contributed by atoms with E-state index in [4.69, 9.17) is 0 Å². The Morgan fingerprint density at radius 3 is 2.41 bits per heavy atom. The zero-order valence-corrected chi connectivity index (χ0v) is 17.6. The van der Waals surface area contributed by atoms with Crippen molar-refractivity contribution in [2.75, 3.05) is 0 Å². The van der Waals surface area contributed by atoms with Crippen LogP contribution in [0.1, 0.15) is 77.2 Å². The van der Waals surface area contributed by atoms with Crippen molar-refractivity contribution in [2.24, 2.45) is 11.8 Å². The molecule has 160 valence electrons. The Morgan fingerprint density at radius 2 is 1.93 bits per heavy atom. The molecule has 2 fully saturated rings. The molecule has 0 unspecified atom stereocenters. The van der Waals surface area contributed by atoms with Gasteiger partial charge in [-0.3, -0.25) is 4.79 Å². The minimum Gasteiger partial charge on any atom is -0.307 e. The molecule has 4 rings (SSSR count). The highest BCUT2D eigenvalue weighted by Crippen LogP contribution is 2.41. The Bertz CT molecular complexity index is 879. The number of rotatable bonds is 5. The Morgan fingerprint density at radius 1 is 1.28 bits per heavy atom. The molecule has 2 saturated carbocycles. The number of Topliss-reactive ketones (excluding diaryl/α,β-unsaturated/α-hetero) is 1. The minimum absolute atomic E-state index is 0.143. The Hall–Kier alpha value is -1.92. The third kappa shape index (κ3) is 4.81. The number of halogens is 3. The number of aromatic nitrogens is 3. The van der Waals surface area contributed by atoms with Gasteiger partial charge < -0.3 is 4.57 Å². The van der Waals surface area contributed by atoms with E-state index in [9.17, 15) is 18.0 Å². The summed E-state index contributed by atoms with van der Waals surface area (Å²) in [6.07, 6.45) is 2.84. The van der Waals surface area contributed by atoms with Crippen LogP contribution in [0.15, 0.2) is 12.1 Å². The van der Waals surface area contributed by atoms with Gasteiger partial charge in [-0.25, -0.2) is 9.97 Å². The molecule has 0 N–H and O–H groups in total. The van der Waals surface area contributed by atoms with Crippen molar-refractivity contribution in [3.63, 3.8) is 0 Å². The average molecular weight is 409 g/mol. The molecule has 2 aromatic rings. The number of imidazole rings is 1. The number of ketones is 1. The number of pyridine rings is 1. The number of fused-ring (bicyclic) bond motifs is 1. The zero-order valence-electron chi connectivity index (χ0n) is 17.6. The second kappa shape index (κ2) is 8.07. The molecular formula is C22H30F3N3O. The maximum Gasteiger partial charge on any atom is 0.433 e. The van der Waals surface area contributed by atoms with Crippen LogP contribution in [0, 0.1) is 18.8 Å². The maximum absolute atomic E-state index is 12.8. The molecule has 2 aliphatic rings. The number of carbonyl (C=O) groups excluding carboxylic acids is 1. The molecular weight excluding hydrogens is 379 g/mol. The van der Waals surface area contributed by atoms with Crippen LogP contribution in [-0.4, -0.2) is 20.3 Å². The van der Waals surface area contributed by atoms with Crippen molar-refractivity contribution >= 4 is 16.9 Å². The molecule has 0 radical (unpaired) electrons. The molecule has 0 spiro atoms. The molecule has 4 nitrogen and oxygen atoms in total. The summed E-state index contributed by atoms with van der Waals surface area (Å²) in [5.74, 6) is 2.70. The summed E-state index contributed by atoms with van der Waals surface area (Å²) in [6, 6.07) is 2.39. The molecule has 0 amide bonds. The van der Waals surface area contributed by atoms with Crippen LogP contribution in [0.25, 0.3) is 11.2 Å². The summed E-state index contributed by atoms with van der Waals surface area (Å²) in [4.78, 5) is 19.1. The summed E-state index contributed by atoms with van der Waals surface area (Å²) >= 11 is 0. The van der Waals surface area contributed by atoms with E-state index in [1.165, 1.54) is 18.9 Å². The standard InChI is InChI=1S/C13H14F3N3.C9H16O/c1-8-17-9-4-5-10(13(14,15)16)18-11(9)19(8)12(2)6-3-7-12;1-3-9(10)6-7(2)8-4-5-8/h4-5H,3,6-7H2,1-2H3;7-8H,3-6H2,1-2H3/t;7-/m.1/s1. The molecule has 0 saturated heterocycles. The predicted octanol–water partition coefficient (Wildman–Crippen LogP) is 6.06. The van der Waals surface area contributed by atoms with E-state index in [1.54, 1.807) is 0 Å². The van der Waals surface area contributed by atoms with E-state index < -0.39 is 11.9 Å². The molecule has 7 heteroatoms. The summed E-state index contributed by atoms with van der Waals surface area (Å²) < 4.78 is 40.1. The lowest BCUT2D eigenvalue weighted by Gasteiger charge is -2.40. The van der Waals surface area contributed by atoms with Crippen molar-refractivity contribution in [1.29, 1.82) is 0 Å². The molecule has 0 aliphatic heterocycles. The van der Waals surface area contributed by atoms with Gasteiger partial charge in [-0.1, -0.05) is 13.8 Å². The van der Waals surface area contributed by atoms with Crippen molar-refractivity contribution in [3.8, 4) is 0 Å². The van der Waals surface area contributed by atoms with E-state index in [1.807, 2.05) is 25.3 Å². The van der Waals surface area contributed by atoms with Gasteiger partial charge in [0, 0.05) is 18.4 Å². The van der Waals surface area contributed by atoms with E-state index in [2.05, 4.69) is 16.9 Å². The summed E-state index contributed by atoms with van der Waals surface area (Å²) in [5.41, 5.74) is -0.131. The first kappa shape index (κ1) is 21.8. The third-order valence-electron chi connectivity index (χ3n) is 6.30. The van der Waals surface area contributed by atoms with Gasteiger partial charge in [0.2, 0.25) is 0 Å². The Labute approximate surface area is 169 Å². The van der Waals surface area contributed by atoms with Gasteiger partial charge in [0.1, 0.15) is 22.8 Å². The van der Waals surface area contributed by atoms with E-state index in [-0.39, 0.29) is 5.54 Å². The fourth-order valence-corrected chi connectivity index (χ4v) is 4.12. The van der Waals surface area contributed by atoms with Gasteiger partial charge >= 0.3 is 6.18 Å². The highest BCUT2D eigenvalue weighted by atomic mass is 19.4. The second-order valence-corrected chi connectivity index (χ2v) is 8.79. The Balaban J connectivity index is 0.000000204. The number of nitrogens with zero attached hydrogens (tertiary/aromatic N) is 3. The quantitative estimate of drug-likeness (QED) is 0.603. The van der Waals surface area contributed by atoms with Gasteiger partial charge in [0.25, 0.3) is 0 Å². The van der Waals surface area contributed by atoms with Crippen LogP contribution in [0.2, 0.25) is 0 Å². The van der Waals surface area contributed by atoms with E-state index in [0.29, 0.717) is 22.9 Å². The number of hydrogen-bond acceptors (Lipinski definition) is 3. The fraction of sp³-hybridized carbons (Fsp3) is 0.682. The highest BCUT2D eigenvalue weighted by Gasteiger charge is 2.38. The zero-order chi connectivity index (χ0) is 21.4. The van der Waals surface area contributed by atoms with E-state index >= 15 is 0 Å². The lowest BCUT2D eigenvalue weighted by atomic mass is 9.78. The highest BCUT2D eigenvalue weighted by molar-refractivity contribution is 5.78. The van der Waals surface area contributed by atoms with Crippen LogP contribution < -0.4 is 0 Å². The smallest absolute Gasteiger partial charge is 0.307 e. The van der Waals surface area contributed by atoms with Gasteiger partial charge in [0.05, 0.1) is 0 Å². The van der Waals surface area contributed by atoms with Crippen molar-refractivity contribution in [3.05, 3.63) is 23.7 Å². The van der Waals surface area contributed by atoms with Crippen LogP contribution in [0.3, 0.4) is 0 Å². The summed E-state index contributed by atoms with van der Waals surface area (Å²) in [6.45, 7) is 8.01. The van der Waals surface area contributed by atoms with Gasteiger partial charge in [-0.05, 0) is 69.9 Å². The normalized spacial score (nSPS) is 19.3. The molecule has 0 bridgehead atoms. The molecule has 2 heterocycles. The molecule has 2 aliphatic carbocycles.